The zero-order valence-electron chi connectivity index (χ0n) is 12.2. The van der Waals surface area contributed by atoms with Crippen molar-refractivity contribution in [2.75, 3.05) is 13.7 Å². The number of methoxy groups -OCH3 is 1. The minimum atomic E-state index is 0.141. The smallest absolute Gasteiger partial charge is 0.119 e. The van der Waals surface area contributed by atoms with Gasteiger partial charge in [0, 0.05) is 8.95 Å². The first-order chi connectivity index (χ1) is 10.2. The standard InChI is InChI=1S/C17H19Br2NO/c1-3-9-20-17(12-5-4-6-14(10-12)21-2)15-8-7-13(18)11-16(15)19/h4-8,10-11,17,20H,3,9H2,1-2H3. The number of benzene rings is 2. The molecular formula is C17H19Br2NO. The molecule has 0 saturated heterocycles. The average Bonchev–Trinajstić information content (AvgIpc) is 2.49. The number of nitrogens with one attached hydrogen (secondary N) is 1. The minimum absolute atomic E-state index is 0.141. The summed E-state index contributed by atoms with van der Waals surface area (Å²) >= 11 is 7.18. The number of hydrogen-bond donors (Lipinski definition) is 1. The molecular weight excluding hydrogens is 394 g/mol. The third-order valence-corrected chi connectivity index (χ3v) is 4.48. The first kappa shape index (κ1) is 16.5. The average molecular weight is 413 g/mol. The summed E-state index contributed by atoms with van der Waals surface area (Å²) in [6.07, 6.45) is 1.09. The second kappa shape index (κ2) is 7.97. The van der Waals surface area contributed by atoms with E-state index in [0.29, 0.717) is 0 Å². The molecule has 112 valence electrons. The van der Waals surface area contributed by atoms with Gasteiger partial charge < -0.3 is 10.1 Å². The van der Waals surface area contributed by atoms with Crippen LogP contribution in [0.1, 0.15) is 30.5 Å². The van der Waals surface area contributed by atoms with Gasteiger partial charge in [-0.3, -0.25) is 0 Å². The van der Waals surface area contributed by atoms with Crippen LogP contribution < -0.4 is 10.1 Å². The van der Waals surface area contributed by atoms with Gasteiger partial charge >= 0.3 is 0 Å². The van der Waals surface area contributed by atoms with Crippen molar-refractivity contribution in [3.8, 4) is 5.75 Å². The summed E-state index contributed by atoms with van der Waals surface area (Å²) in [6, 6.07) is 14.6. The van der Waals surface area contributed by atoms with E-state index in [4.69, 9.17) is 4.74 Å². The van der Waals surface area contributed by atoms with Crippen molar-refractivity contribution < 1.29 is 4.74 Å². The van der Waals surface area contributed by atoms with E-state index in [0.717, 1.165) is 27.7 Å². The SMILES string of the molecule is CCCNC(c1cccc(OC)c1)c1ccc(Br)cc1Br. The number of halogens is 2. The van der Waals surface area contributed by atoms with Crippen LogP contribution in [-0.4, -0.2) is 13.7 Å². The van der Waals surface area contributed by atoms with Crippen molar-refractivity contribution in [3.63, 3.8) is 0 Å². The van der Waals surface area contributed by atoms with Crippen molar-refractivity contribution >= 4 is 31.9 Å². The number of hydrogen-bond acceptors (Lipinski definition) is 2. The molecule has 2 nitrogen and oxygen atoms in total. The zero-order chi connectivity index (χ0) is 15.2. The van der Waals surface area contributed by atoms with Crippen LogP contribution in [0.15, 0.2) is 51.4 Å². The molecule has 0 aliphatic heterocycles. The molecule has 2 aromatic rings. The first-order valence-electron chi connectivity index (χ1n) is 6.98. The number of ether oxygens (including phenoxy) is 1. The maximum absolute atomic E-state index is 5.35. The molecule has 1 atom stereocenters. The molecule has 0 saturated carbocycles. The highest BCUT2D eigenvalue weighted by molar-refractivity contribution is 9.11. The van der Waals surface area contributed by atoms with Gasteiger partial charge in [0.25, 0.3) is 0 Å². The summed E-state index contributed by atoms with van der Waals surface area (Å²) in [5.74, 6) is 0.879. The van der Waals surface area contributed by atoms with Crippen LogP contribution in [-0.2, 0) is 0 Å². The second-order valence-electron chi connectivity index (χ2n) is 4.83. The quantitative estimate of drug-likeness (QED) is 0.694. The van der Waals surface area contributed by atoms with Crippen LogP contribution in [0.2, 0.25) is 0 Å². The predicted octanol–water partition coefficient (Wildman–Crippen LogP) is 5.31. The maximum Gasteiger partial charge on any atom is 0.119 e. The van der Waals surface area contributed by atoms with Crippen molar-refractivity contribution in [1.29, 1.82) is 0 Å². The lowest BCUT2D eigenvalue weighted by Crippen LogP contribution is -2.23. The molecule has 2 rings (SSSR count). The Kier molecular flexibility index (Phi) is 6.27. The molecule has 2 aromatic carbocycles. The molecule has 21 heavy (non-hydrogen) atoms. The maximum atomic E-state index is 5.35. The Morgan fingerprint density at radius 1 is 1.14 bits per heavy atom. The van der Waals surface area contributed by atoms with E-state index in [1.807, 2.05) is 12.1 Å². The Bertz CT molecular complexity index is 601. The summed E-state index contributed by atoms with van der Waals surface area (Å²) in [5, 5.41) is 3.61. The Balaban J connectivity index is 2.41. The van der Waals surface area contributed by atoms with E-state index in [1.54, 1.807) is 7.11 Å². The van der Waals surface area contributed by atoms with Crippen LogP contribution in [0.3, 0.4) is 0 Å². The van der Waals surface area contributed by atoms with Gasteiger partial charge in [0.1, 0.15) is 5.75 Å². The highest BCUT2D eigenvalue weighted by atomic mass is 79.9. The molecule has 1 N–H and O–H groups in total. The summed E-state index contributed by atoms with van der Waals surface area (Å²) < 4.78 is 7.51. The third-order valence-electron chi connectivity index (χ3n) is 3.30. The molecule has 1 unspecified atom stereocenters. The van der Waals surface area contributed by atoms with E-state index in [1.165, 1.54) is 11.1 Å². The van der Waals surface area contributed by atoms with Gasteiger partial charge in [-0.1, -0.05) is 57.0 Å². The first-order valence-corrected chi connectivity index (χ1v) is 8.56. The highest BCUT2D eigenvalue weighted by Gasteiger charge is 2.16. The summed E-state index contributed by atoms with van der Waals surface area (Å²) in [5.41, 5.74) is 2.42. The Labute approximate surface area is 143 Å². The van der Waals surface area contributed by atoms with Crippen LogP contribution in [0.5, 0.6) is 5.75 Å². The minimum Gasteiger partial charge on any atom is -0.497 e. The fourth-order valence-electron chi connectivity index (χ4n) is 2.25. The third kappa shape index (κ3) is 4.31. The normalized spacial score (nSPS) is 12.2. The van der Waals surface area contributed by atoms with Crippen LogP contribution in [0.25, 0.3) is 0 Å². The zero-order valence-corrected chi connectivity index (χ0v) is 15.4. The van der Waals surface area contributed by atoms with Gasteiger partial charge in [0.15, 0.2) is 0 Å². The van der Waals surface area contributed by atoms with Crippen LogP contribution >= 0.6 is 31.9 Å². The lowest BCUT2D eigenvalue weighted by atomic mass is 9.98. The van der Waals surface area contributed by atoms with Crippen molar-refractivity contribution in [2.24, 2.45) is 0 Å². The highest BCUT2D eigenvalue weighted by Crippen LogP contribution is 2.32. The topological polar surface area (TPSA) is 21.3 Å². The fourth-order valence-corrected chi connectivity index (χ4v) is 3.53. The van der Waals surface area contributed by atoms with Gasteiger partial charge in [0.05, 0.1) is 13.2 Å². The second-order valence-corrected chi connectivity index (χ2v) is 6.60. The summed E-state index contributed by atoms with van der Waals surface area (Å²) in [7, 11) is 1.70. The molecule has 0 fully saturated rings. The van der Waals surface area contributed by atoms with Crippen molar-refractivity contribution in [1.82, 2.24) is 5.32 Å². The molecule has 0 radical (unpaired) electrons. The Hall–Kier alpha value is -0.840. The van der Waals surface area contributed by atoms with E-state index < -0.39 is 0 Å². The molecule has 0 heterocycles. The molecule has 0 aromatic heterocycles. The van der Waals surface area contributed by atoms with Gasteiger partial charge in [-0.25, -0.2) is 0 Å². The molecule has 0 bridgehead atoms. The summed E-state index contributed by atoms with van der Waals surface area (Å²) in [4.78, 5) is 0. The van der Waals surface area contributed by atoms with Gasteiger partial charge in [-0.05, 0) is 48.4 Å². The molecule has 0 aliphatic carbocycles. The number of rotatable bonds is 6. The molecule has 0 spiro atoms. The fraction of sp³-hybridized carbons (Fsp3) is 0.294. The monoisotopic (exact) mass is 411 g/mol. The van der Waals surface area contributed by atoms with E-state index in [9.17, 15) is 0 Å². The van der Waals surface area contributed by atoms with Crippen LogP contribution in [0.4, 0.5) is 0 Å². The van der Waals surface area contributed by atoms with E-state index in [2.05, 4.69) is 74.4 Å². The predicted molar refractivity (Wildman–Crippen MR) is 95.0 cm³/mol. The Morgan fingerprint density at radius 2 is 1.95 bits per heavy atom. The van der Waals surface area contributed by atoms with E-state index >= 15 is 0 Å². The van der Waals surface area contributed by atoms with Crippen molar-refractivity contribution in [3.05, 3.63) is 62.5 Å². The molecule has 4 heteroatoms. The van der Waals surface area contributed by atoms with Gasteiger partial charge in [-0.15, -0.1) is 0 Å². The lowest BCUT2D eigenvalue weighted by molar-refractivity contribution is 0.413. The summed E-state index contributed by atoms with van der Waals surface area (Å²) in [6.45, 7) is 3.14. The Morgan fingerprint density at radius 3 is 2.62 bits per heavy atom. The lowest BCUT2D eigenvalue weighted by Gasteiger charge is -2.21. The van der Waals surface area contributed by atoms with Crippen molar-refractivity contribution in [2.45, 2.75) is 19.4 Å². The molecule has 0 aliphatic rings. The molecule has 0 amide bonds. The largest absolute Gasteiger partial charge is 0.497 e. The van der Waals surface area contributed by atoms with Crippen LogP contribution in [0, 0.1) is 0 Å². The van der Waals surface area contributed by atoms with Gasteiger partial charge in [-0.2, -0.15) is 0 Å². The van der Waals surface area contributed by atoms with Gasteiger partial charge in [0.2, 0.25) is 0 Å². The van der Waals surface area contributed by atoms with E-state index in [-0.39, 0.29) is 6.04 Å².